The molecule has 0 nitrogen and oxygen atoms in total. The molecule has 76 valence electrons. The maximum Gasteiger partial charge on any atom is 0.0445 e. The minimum atomic E-state index is 1.25. The Labute approximate surface area is 94.2 Å². The van der Waals surface area contributed by atoms with Crippen LogP contribution in [0.4, 0.5) is 0 Å². The third-order valence-electron chi connectivity index (χ3n) is 1.50. The molecular weight excluding hydrogens is 208 g/mol. The lowest BCUT2D eigenvalue weighted by molar-refractivity contribution is 1.09. The predicted octanol–water partition coefficient (Wildman–Crippen LogP) is 5.20. The molecule has 0 unspecified atom stereocenters. The smallest absolute Gasteiger partial charge is 0.0445 e. The first-order chi connectivity index (χ1) is 6.77. The minimum Gasteiger partial charge on any atom is -0.143 e. The zero-order valence-corrected chi connectivity index (χ0v) is 10.5. The summed E-state index contributed by atoms with van der Waals surface area (Å²) < 4.78 is 0. The van der Waals surface area contributed by atoms with Crippen LogP contribution in [-0.4, -0.2) is 0 Å². The van der Waals surface area contributed by atoms with Crippen LogP contribution in [0.25, 0.3) is 9.75 Å². The summed E-state index contributed by atoms with van der Waals surface area (Å²) in [5.74, 6) is 0. The molecule has 0 saturated carbocycles. The molecular formula is C12H16S2. The van der Waals surface area contributed by atoms with Crippen molar-refractivity contribution in [3.05, 3.63) is 34.5 Å². The highest BCUT2D eigenvalue weighted by Gasteiger charge is 1.99. The van der Waals surface area contributed by atoms with Gasteiger partial charge in [-0.25, -0.2) is 0 Å². The molecule has 0 bridgehead atoms. The molecule has 0 amide bonds. The molecule has 0 fully saturated rings. The van der Waals surface area contributed by atoms with E-state index in [1.807, 2.05) is 11.3 Å². The predicted molar refractivity (Wildman–Crippen MR) is 68.3 cm³/mol. The highest BCUT2D eigenvalue weighted by atomic mass is 32.1. The van der Waals surface area contributed by atoms with Gasteiger partial charge in [0.05, 0.1) is 0 Å². The van der Waals surface area contributed by atoms with Crippen molar-refractivity contribution in [2.45, 2.75) is 27.2 Å². The maximum atomic E-state index is 2.19. The first-order valence-corrected chi connectivity index (χ1v) is 6.57. The van der Waals surface area contributed by atoms with Gasteiger partial charge in [-0.1, -0.05) is 26.3 Å². The van der Waals surface area contributed by atoms with Crippen molar-refractivity contribution in [2.75, 3.05) is 0 Å². The van der Waals surface area contributed by atoms with Crippen molar-refractivity contribution in [1.82, 2.24) is 0 Å². The van der Waals surface area contributed by atoms with Gasteiger partial charge in [-0.05, 0) is 30.5 Å². The molecule has 0 radical (unpaired) electrons. The van der Waals surface area contributed by atoms with Gasteiger partial charge in [0, 0.05) is 14.6 Å². The van der Waals surface area contributed by atoms with Crippen LogP contribution in [0.3, 0.4) is 0 Å². The number of rotatable bonds is 1. The first kappa shape index (κ1) is 11.5. The molecule has 0 aliphatic rings. The Hall–Kier alpha value is -0.600. The molecule has 2 rings (SSSR count). The van der Waals surface area contributed by atoms with E-state index in [9.17, 15) is 0 Å². The largest absolute Gasteiger partial charge is 0.143 e. The number of thiophene rings is 2. The van der Waals surface area contributed by atoms with Crippen molar-refractivity contribution < 1.29 is 0 Å². The average Bonchev–Trinajstić information content (AvgIpc) is 2.74. The van der Waals surface area contributed by atoms with Crippen LogP contribution in [0.5, 0.6) is 0 Å². The van der Waals surface area contributed by atoms with Crippen molar-refractivity contribution >= 4 is 22.7 Å². The van der Waals surface area contributed by atoms with Gasteiger partial charge >= 0.3 is 0 Å². The number of aryl methyl sites for hydroxylation is 1. The van der Waals surface area contributed by atoms with E-state index in [1.54, 1.807) is 11.3 Å². The summed E-state index contributed by atoms with van der Waals surface area (Å²) in [7, 11) is 0. The summed E-state index contributed by atoms with van der Waals surface area (Å²) in [5, 5.41) is 2.12. The molecule has 2 aromatic heterocycles. The molecule has 0 atom stereocenters. The van der Waals surface area contributed by atoms with Gasteiger partial charge in [0.2, 0.25) is 0 Å². The molecule has 2 heterocycles. The van der Waals surface area contributed by atoms with Crippen molar-refractivity contribution in [3.8, 4) is 9.75 Å². The molecule has 0 saturated heterocycles. The summed E-state index contributed by atoms with van der Waals surface area (Å²) in [6.07, 6.45) is 1.25. The molecule has 0 N–H and O–H groups in total. The average molecular weight is 224 g/mol. The van der Waals surface area contributed by atoms with Gasteiger partial charge in [0.25, 0.3) is 0 Å². The van der Waals surface area contributed by atoms with E-state index in [4.69, 9.17) is 0 Å². The Morgan fingerprint density at radius 2 is 1.79 bits per heavy atom. The third-order valence-corrected chi connectivity index (χ3v) is 3.57. The zero-order chi connectivity index (χ0) is 10.4. The van der Waals surface area contributed by atoms with E-state index in [1.165, 1.54) is 21.1 Å². The summed E-state index contributed by atoms with van der Waals surface area (Å²) >= 11 is 3.66. The summed E-state index contributed by atoms with van der Waals surface area (Å²) in [6, 6.07) is 8.61. The molecule has 0 aromatic carbocycles. The SMILES string of the molecule is CCC.Cc1ccc(-c2cccs2)s1. The quantitative estimate of drug-likeness (QED) is 0.624. The maximum absolute atomic E-state index is 2.19. The number of hydrogen-bond acceptors (Lipinski definition) is 2. The van der Waals surface area contributed by atoms with Gasteiger partial charge < -0.3 is 0 Å². The summed E-state index contributed by atoms with van der Waals surface area (Å²) in [4.78, 5) is 4.15. The van der Waals surface area contributed by atoms with Gasteiger partial charge in [-0.15, -0.1) is 22.7 Å². The van der Waals surface area contributed by atoms with Crippen molar-refractivity contribution in [1.29, 1.82) is 0 Å². The molecule has 0 aliphatic carbocycles. The molecule has 2 heteroatoms. The Kier molecular flexibility index (Phi) is 4.91. The molecule has 0 spiro atoms. The topological polar surface area (TPSA) is 0 Å². The Bertz CT molecular complexity index is 344. The van der Waals surface area contributed by atoms with E-state index in [0.717, 1.165) is 0 Å². The lowest BCUT2D eigenvalue weighted by atomic mass is 10.4. The summed E-state index contributed by atoms with van der Waals surface area (Å²) in [5.41, 5.74) is 0. The van der Waals surface area contributed by atoms with Crippen LogP contribution in [0.2, 0.25) is 0 Å². The van der Waals surface area contributed by atoms with Crippen LogP contribution in [0.15, 0.2) is 29.6 Å². The lowest BCUT2D eigenvalue weighted by Gasteiger charge is -1.86. The van der Waals surface area contributed by atoms with Gasteiger partial charge in [-0.2, -0.15) is 0 Å². The van der Waals surface area contributed by atoms with E-state index in [2.05, 4.69) is 50.4 Å². The van der Waals surface area contributed by atoms with Gasteiger partial charge in [-0.3, -0.25) is 0 Å². The fourth-order valence-corrected chi connectivity index (χ4v) is 2.69. The van der Waals surface area contributed by atoms with Crippen LogP contribution < -0.4 is 0 Å². The second-order valence-electron chi connectivity index (χ2n) is 3.09. The van der Waals surface area contributed by atoms with Crippen LogP contribution >= 0.6 is 22.7 Å². The zero-order valence-electron chi connectivity index (χ0n) is 8.91. The van der Waals surface area contributed by atoms with E-state index in [0.29, 0.717) is 0 Å². The minimum absolute atomic E-state index is 1.25. The van der Waals surface area contributed by atoms with Crippen molar-refractivity contribution in [3.63, 3.8) is 0 Å². The Morgan fingerprint density at radius 3 is 2.21 bits per heavy atom. The summed E-state index contributed by atoms with van der Waals surface area (Å²) in [6.45, 7) is 6.39. The Morgan fingerprint density at radius 1 is 1.07 bits per heavy atom. The van der Waals surface area contributed by atoms with Crippen LogP contribution in [0, 0.1) is 6.92 Å². The molecule has 0 aliphatic heterocycles. The standard InChI is InChI=1S/C9H8S2.C3H8/c1-7-4-5-9(11-7)8-3-2-6-10-8;1-3-2/h2-6H,1H3;3H2,1-2H3. The second kappa shape index (κ2) is 5.99. The van der Waals surface area contributed by atoms with Gasteiger partial charge in [0.1, 0.15) is 0 Å². The third kappa shape index (κ3) is 3.28. The van der Waals surface area contributed by atoms with E-state index in [-0.39, 0.29) is 0 Å². The normalized spacial score (nSPS) is 9.36. The Balaban J connectivity index is 0.000000293. The highest BCUT2D eigenvalue weighted by molar-refractivity contribution is 7.21. The van der Waals surface area contributed by atoms with Crippen molar-refractivity contribution in [2.24, 2.45) is 0 Å². The fraction of sp³-hybridized carbons (Fsp3) is 0.333. The molecule has 14 heavy (non-hydrogen) atoms. The number of hydrogen-bond donors (Lipinski definition) is 0. The lowest BCUT2D eigenvalue weighted by Crippen LogP contribution is -1.55. The van der Waals surface area contributed by atoms with Crippen LogP contribution in [0.1, 0.15) is 25.1 Å². The fourth-order valence-electron chi connectivity index (χ4n) is 0.986. The monoisotopic (exact) mass is 224 g/mol. The second-order valence-corrected chi connectivity index (χ2v) is 5.33. The van der Waals surface area contributed by atoms with Gasteiger partial charge in [0.15, 0.2) is 0 Å². The highest BCUT2D eigenvalue weighted by Crippen LogP contribution is 2.30. The molecule has 2 aromatic rings. The van der Waals surface area contributed by atoms with Crippen LogP contribution in [-0.2, 0) is 0 Å². The first-order valence-electron chi connectivity index (χ1n) is 4.88. The van der Waals surface area contributed by atoms with E-state index >= 15 is 0 Å². The van der Waals surface area contributed by atoms with E-state index < -0.39 is 0 Å².